The van der Waals surface area contributed by atoms with Gasteiger partial charge in [0.25, 0.3) is 0 Å². The van der Waals surface area contributed by atoms with Crippen molar-refractivity contribution in [1.29, 1.82) is 0 Å². The number of carbonyl (C=O) groups excluding carboxylic acids is 2. The molecule has 2 heterocycles. The first-order chi connectivity index (χ1) is 19.9. The number of fused-ring (bicyclic) bond motifs is 5. The normalized spacial score (nSPS) is 24.8. The average Bonchev–Trinajstić information content (AvgIpc) is 2.96. The third-order valence-corrected chi connectivity index (χ3v) is 8.51. The van der Waals surface area contributed by atoms with E-state index < -0.39 is 5.60 Å². The van der Waals surface area contributed by atoms with E-state index in [1.807, 2.05) is 61.5 Å². The van der Waals surface area contributed by atoms with Gasteiger partial charge in [-0.2, -0.15) is 0 Å². The summed E-state index contributed by atoms with van der Waals surface area (Å²) in [5.41, 5.74) is 3.57. The first-order valence-corrected chi connectivity index (χ1v) is 14.7. The van der Waals surface area contributed by atoms with Crippen LogP contribution in [0, 0.1) is 0 Å². The van der Waals surface area contributed by atoms with Crippen LogP contribution >= 0.6 is 0 Å². The van der Waals surface area contributed by atoms with Crippen LogP contribution in [-0.4, -0.2) is 35.2 Å². The molecule has 41 heavy (non-hydrogen) atoms. The second kappa shape index (κ2) is 11.5. The molecule has 4 unspecified atom stereocenters. The molecule has 6 heteroatoms. The van der Waals surface area contributed by atoms with E-state index in [2.05, 4.69) is 24.3 Å². The summed E-state index contributed by atoms with van der Waals surface area (Å²) in [5.74, 6) is 0.236. The minimum atomic E-state index is -0.571. The summed E-state index contributed by atoms with van der Waals surface area (Å²) in [6, 6.07) is 21.8. The van der Waals surface area contributed by atoms with Crippen molar-refractivity contribution in [3.63, 3.8) is 0 Å². The number of ether oxygens (including phenoxy) is 3. The lowest BCUT2D eigenvalue weighted by molar-refractivity contribution is -0.143. The molecule has 0 saturated carbocycles. The average molecular weight is 553 g/mol. The number of phenolic OH excluding ortho intramolecular Hbond substituents is 1. The summed E-state index contributed by atoms with van der Waals surface area (Å²) in [4.78, 5) is 25.3. The van der Waals surface area contributed by atoms with Crippen LogP contribution in [0.15, 0.2) is 72.8 Å². The lowest BCUT2D eigenvalue weighted by atomic mass is 9.68. The van der Waals surface area contributed by atoms with Crippen LogP contribution in [0.4, 0.5) is 0 Å². The monoisotopic (exact) mass is 552 g/mol. The van der Waals surface area contributed by atoms with Crippen molar-refractivity contribution >= 4 is 17.8 Å². The number of rotatable bonds is 8. The lowest BCUT2D eigenvalue weighted by Gasteiger charge is -2.48. The predicted octanol–water partition coefficient (Wildman–Crippen LogP) is 7.10. The molecule has 1 saturated heterocycles. The third kappa shape index (κ3) is 5.66. The summed E-state index contributed by atoms with van der Waals surface area (Å²) in [5, 5.41) is 11.6. The fourth-order valence-corrected chi connectivity index (χ4v) is 6.76. The van der Waals surface area contributed by atoms with Gasteiger partial charge in [0.05, 0.1) is 24.7 Å². The van der Waals surface area contributed by atoms with Crippen LogP contribution in [-0.2, 0) is 20.7 Å². The van der Waals surface area contributed by atoms with Crippen LogP contribution in [0.25, 0.3) is 6.08 Å². The Kier molecular flexibility index (Phi) is 7.67. The van der Waals surface area contributed by atoms with Crippen LogP contribution < -0.4 is 4.74 Å². The van der Waals surface area contributed by atoms with Gasteiger partial charge in [-0.15, -0.1) is 0 Å². The van der Waals surface area contributed by atoms with Crippen LogP contribution in [0.1, 0.15) is 90.1 Å². The zero-order chi connectivity index (χ0) is 28.4. The molecule has 2 aliphatic heterocycles. The molecule has 1 N–H and O–H groups in total. The second-order valence-electron chi connectivity index (χ2n) is 11.4. The minimum Gasteiger partial charge on any atom is -0.507 e. The van der Waals surface area contributed by atoms with Crippen molar-refractivity contribution in [3.8, 4) is 11.5 Å². The molecule has 0 radical (unpaired) electrons. The van der Waals surface area contributed by atoms with Crippen molar-refractivity contribution in [2.24, 2.45) is 0 Å². The summed E-state index contributed by atoms with van der Waals surface area (Å²) in [6.45, 7) is 2.19. The van der Waals surface area contributed by atoms with E-state index in [0.717, 1.165) is 28.7 Å². The Hall–Kier alpha value is -3.90. The Labute approximate surface area is 241 Å². The maximum atomic E-state index is 13.4. The highest BCUT2D eigenvalue weighted by Crippen LogP contribution is 2.54. The number of esters is 1. The van der Waals surface area contributed by atoms with E-state index in [1.54, 1.807) is 0 Å². The predicted molar refractivity (Wildman–Crippen MR) is 156 cm³/mol. The van der Waals surface area contributed by atoms with Crippen molar-refractivity contribution in [3.05, 3.63) is 101 Å². The zero-order valence-corrected chi connectivity index (χ0v) is 23.4. The summed E-state index contributed by atoms with van der Waals surface area (Å²) >= 11 is 0. The van der Waals surface area contributed by atoms with Gasteiger partial charge in [-0.3, -0.25) is 9.59 Å². The lowest BCUT2D eigenvalue weighted by Crippen LogP contribution is -2.47. The first kappa shape index (κ1) is 27.3. The summed E-state index contributed by atoms with van der Waals surface area (Å²) in [6.07, 6.45) is 7.72. The molecule has 4 atom stereocenters. The Morgan fingerprint density at radius 1 is 1.12 bits per heavy atom. The Morgan fingerprint density at radius 2 is 1.88 bits per heavy atom. The maximum absolute atomic E-state index is 13.4. The van der Waals surface area contributed by atoms with E-state index >= 15 is 0 Å². The Bertz CT molecular complexity index is 1450. The fraction of sp³-hybridized carbons (Fsp3) is 0.371. The molecule has 1 aliphatic carbocycles. The standard InChI is InChI=1S/C35H36O6/c1-2-39-31(37)15-9-14-27-18-25-21-35(41-27,17-16-23-10-5-3-6-11-23)22-26-19-30-33(34(38)32(25)26)28(36)20-29(40-30)24-12-7-4-8-13-24/h3-8,10-13,16-17,19,25,27,29,38H,2,9,14-15,18,20-22H2,1H3. The number of hydrogen-bond donors (Lipinski definition) is 1. The highest BCUT2D eigenvalue weighted by Gasteiger charge is 2.47. The largest absolute Gasteiger partial charge is 0.507 e. The first-order valence-electron chi connectivity index (χ1n) is 14.7. The van der Waals surface area contributed by atoms with Gasteiger partial charge >= 0.3 is 5.97 Å². The fourth-order valence-electron chi connectivity index (χ4n) is 6.76. The molecule has 0 aromatic heterocycles. The number of benzene rings is 3. The number of hydrogen-bond acceptors (Lipinski definition) is 6. The summed E-state index contributed by atoms with van der Waals surface area (Å²) in [7, 11) is 0. The smallest absolute Gasteiger partial charge is 0.305 e. The highest BCUT2D eigenvalue weighted by molar-refractivity contribution is 6.03. The SMILES string of the molecule is CCOC(=O)CCCC1CC2CC(C=Cc3ccccc3)(Cc3cc4c(c(O)c32)C(=O)CC(c2ccccc2)O4)O1. The van der Waals surface area contributed by atoms with Crippen LogP contribution in [0.3, 0.4) is 0 Å². The highest BCUT2D eigenvalue weighted by atomic mass is 16.5. The van der Waals surface area contributed by atoms with Gasteiger partial charge in [0.15, 0.2) is 5.78 Å². The number of aromatic hydroxyl groups is 1. The van der Waals surface area contributed by atoms with Gasteiger partial charge in [-0.25, -0.2) is 0 Å². The molecule has 3 aliphatic rings. The molecule has 1 fully saturated rings. The molecule has 3 aromatic rings. The molecule has 0 amide bonds. The molecule has 6 rings (SSSR count). The zero-order valence-electron chi connectivity index (χ0n) is 23.4. The van der Waals surface area contributed by atoms with E-state index in [0.29, 0.717) is 50.0 Å². The molecule has 212 valence electrons. The van der Waals surface area contributed by atoms with Crippen LogP contribution in [0.5, 0.6) is 11.5 Å². The number of carbonyl (C=O) groups is 2. The van der Waals surface area contributed by atoms with Crippen molar-refractivity contribution in [1.82, 2.24) is 0 Å². The number of phenols is 1. The molecule has 3 aromatic carbocycles. The van der Waals surface area contributed by atoms with Crippen LogP contribution in [0.2, 0.25) is 0 Å². The topological polar surface area (TPSA) is 82.1 Å². The number of ketones is 1. The van der Waals surface area contributed by atoms with E-state index in [9.17, 15) is 14.7 Å². The third-order valence-electron chi connectivity index (χ3n) is 8.51. The molecular formula is C35H36O6. The van der Waals surface area contributed by atoms with Gasteiger partial charge < -0.3 is 19.3 Å². The van der Waals surface area contributed by atoms with Crippen molar-refractivity contribution < 1.29 is 28.9 Å². The van der Waals surface area contributed by atoms with E-state index in [-0.39, 0.29) is 42.0 Å². The quantitative estimate of drug-likeness (QED) is 0.300. The molecule has 2 bridgehead atoms. The van der Waals surface area contributed by atoms with E-state index in [4.69, 9.17) is 14.2 Å². The Morgan fingerprint density at radius 3 is 2.63 bits per heavy atom. The van der Waals surface area contributed by atoms with Crippen molar-refractivity contribution in [2.75, 3.05) is 6.61 Å². The van der Waals surface area contributed by atoms with Gasteiger partial charge in [0, 0.05) is 18.4 Å². The van der Waals surface area contributed by atoms with Crippen molar-refractivity contribution in [2.45, 2.75) is 75.6 Å². The second-order valence-corrected chi connectivity index (χ2v) is 11.4. The van der Waals surface area contributed by atoms with Gasteiger partial charge in [0.2, 0.25) is 0 Å². The maximum Gasteiger partial charge on any atom is 0.305 e. The van der Waals surface area contributed by atoms with Gasteiger partial charge in [-0.05, 0) is 61.3 Å². The van der Waals surface area contributed by atoms with E-state index in [1.165, 1.54) is 0 Å². The molecule has 6 nitrogen and oxygen atoms in total. The summed E-state index contributed by atoms with van der Waals surface area (Å²) < 4.78 is 18.3. The van der Waals surface area contributed by atoms with Gasteiger partial charge in [-0.1, -0.05) is 72.8 Å². The molecule has 0 spiro atoms. The molecular weight excluding hydrogens is 516 g/mol. The Balaban J connectivity index is 1.33. The van der Waals surface area contributed by atoms with Gasteiger partial charge in [0.1, 0.15) is 23.2 Å². The number of Topliss-reactive ketones (excluding diaryl/α,β-unsaturated/α-hetero) is 1. The minimum absolute atomic E-state index is 0.0189.